The van der Waals surface area contributed by atoms with Crippen LogP contribution < -0.4 is 11.2 Å². The molecule has 4 N–H and O–H groups in total. The van der Waals surface area contributed by atoms with Gasteiger partial charge in [-0.3, -0.25) is 4.99 Å². The molecule has 0 saturated heterocycles. The maximum atomic E-state index is 9.07. The number of aliphatic hydroxyl groups excluding tert-OH is 1. The molecule has 6 nitrogen and oxygen atoms in total. The standard InChI is InChI=1S/C6H10N4O2/c7-5-1-2-6(8-3-4-11)10(12)9-5/h1-2,11-12H,3-4H2,(H2,7,9). The highest BCUT2D eigenvalue weighted by molar-refractivity contribution is 5.23. The third-order valence-electron chi connectivity index (χ3n) is 1.19. The van der Waals surface area contributed by atoms with Crippen molar-refractivity contribution < 1.29 is 10.3 Å². The molecule has 0 aliphatic heterocycles. The Balaban J connectivity index is 3.01. The lowest BCUT2D eigenvalue weighted by Crippen LogP contribution is -2.22. The summed E-state index contributed by atoms with van der Waals surface area (Å²) >= 11 is 0. The van der Waals surface area contributed by atoms with E-state index in [0.29, 0.717) is 4.85 Å². The predicted octanol–water partition coefficient (Wildman–Crippen LogP) is -1.40. The van der Waals surface area contributed by atoms with E-state index in [1.807, 2.05) is 0 Å². The zero-order valence-corrected chi connectivity index (χ0v) is 6.38. The van der Waals surface area contributed by atoms with Crippen molar-refractivity contribution in [1.82, 2.24) is 9.94 Å². The van der Waals surface area contributed by atoms with Crippen LogP contribution in [-0.4, -0.2) is 33.4 Å². The van der Waals surface area contributed by atoms with Gasteiger partial charge in [0.1, 0.15) is 5.82 Å². The van der Waals surface area contributed by atoms with Crippen molar-refractivity contribution in [2.75, 3.05) is 18.9 Å². The fourth-order valence-electron chi connectivity index (χ4n) is 0.701. The summed E-state index contributed by atoms with van der Waals surface area (Å²) in [6.45, 7) is 0.163. The van der Waals surface area contributed by atoms with Gasteiger partial charge in [0.15, 0.2) is 5.49 Å². The summed E-state index contributed by atoms with van der Waals surface area (Å²) in [7, 11) is 0. The van der Waals surface area contributed by atoms with Crippen LogP contribution in [0.25, 0.3) is 0 Å². The zero-order valence-electron chi connectivity index (χ0n) is 6.38. The molecule has 1 aromatic rings. The Bertz CT molecular complexity index is 320. The first-order chi connectivity index (χ1) is 5.74. The van der Waals surface area contributed by atoms with E-state index in [4.69, 9.17) is 16.0 Å². The van der Waals surface area contributed by atoms with Gasteiger partial charge in [0.05, 0.1) is 13.2 Å². The highest BCUT2D eigenvalue weighted by atomic mass is 16.5. The number of nitrogens with two attached hydrogens (primary N) is 1. The van der Waals surface area contributed by atoms with Gasteiger partial charge in [0, 0.05) is 0 Å². The van der Waals surface area contributed by atoms with E-state index in [9.17, 15) is 0 Å². The van der Waals surface area contributed by atoms with E-state index in [1.165, 1.54) is 12.1 Å². The minimum absolute atomic E-state index is 0.0651. The lowest BCUT2D eigenvalue weighted by atomic mass is 10.5. The number of aromatic nitrogens is 2. The van der Waals surface area contributed by atoms with Crippen LogP contribution >= 0.6 is 0 Å². The Labute approximate surface area is 68.6 Å². The van der Waals surface area contributed by atoms with Gasteiger partial charge in [-0.15, -0.1) is 5.10 Å². The molecule has 66 valence electrons. The summed E-state index contributed by atoms with van der Waals surface area (Å²) < 4.78 is 0. The van der Waals surface area contributed by atoms with Gasteiger partial charge in [-0.1, -0.05) is 4.85 Å². The predicted molar refractivity (Wildman–Crippen MR) is 41.3 cm³/mol. The summed E-state index contributed by atoms with van der Waals surface area (Å²) in [4.78, 5) is 4.38. The lowest BCUT2D eigenvalue weighted by Gasteiger charge is -1.97. The number of hydrogen-bond donors (Lipinski definition) is 3. The molecule has 0 aliphatic carbocycles. The van der Waals surface area contributed by atoms with E-state index in [-0.39, 0.29) is 24.5 Å². The van der Waals surface area contributed by atoms with Crippen LogP contribution in [0.3, 0.4) is 0 Å². The second-order valence-electron chi connectivity index (χ2n) is 2.11. The highest BCUT2D eigenvalue weighted by Crippen LogP contribution is 1.86. The van der Waals surface area contributed by atoms with Crippen molar-refractivity contribution in [1.29, 1.82) is 0 Å². The molecule has 0 amide bonds. The van der Waals surface area contributed by atoms with Crippen molar-refractivity contribution >= 4 is 5.82 Å². The Morgan fingerprint density at radius 1 is 1.58 bits per heavy atom. The number of nitrogens with zero attached hydrogens (tertiary/aromatic N) is 3. The summed E-state index contributed by atoms with van der Waals surface area (Å²) in [6.07, 6.45) is 0. The third kappa shape index (κ3) is 1.96. The molecule has 0 fully saturated rings. The van der Waals surface area contributed by atoms with Crippen molar-refractivity contribution in [3.05, 3.63) is 17.6 Å². The van der Waals surface area contributed by atoms with Gasteiger partial charge in [0.25, 0.3) is 0 Å². The monoisotopic (exact) mass is 170 g/mol. The molecule has 0 atom stereocenters. The minimum atomic E-state index is -0.0651. The maximum absolute atomic E-state index is 9.07. The molecule has 6 heteroatoms. The molecule has 0 aliphatic rings. The van der Waals surface area contributed by atoms with Gasteiger partial charge in [-0.05, 0) is 12.1 Å². The molecule has 0 bridgehead atoms. The molecule has 12 heavy (non-hydrogen) atoms. The number of rotatable bonds is 2. The molecule has 0 saturated carbocycles. The second-order valence-corrected chi connectivity index (χ2v) is 2.11. The third-order valence-corrected chi connectivity index (χ3v) is 1.19. The zero-order chi connectivity index (χ0) is 8.97. The van der Waals surface area contributed by atoms with Gasteiger partial charge in [0.2, 0.25) is 0 Å². The van der Waals surface area contributed by atoms with E-state index < -0.39 is 0 Å². The van der Waals surface area contributed by atoms with Gasteiger partial charge in [-0.25, -0.2) is 0 Å². The number of anilines is 1. The van der Waals surface area contributed by atoms with E-state index in [2.05, 4.69) is 10.1 Å². The Hall–Kier alpha value is -1.56. The normalized spacial score (nSPS) is 11.9. The SMILES string of the molecule is Nc1ccc(=NCCO)n(O)n1. The van der Waals surface area contributed by atoms with Crippen LogP contribution in [0.4, 0.5) is 5.82 Å². The van der Waals surface area contributed by atoms with Crippen LogP contribution in [0.2, 0.25) is 0 Å². The van der Waals surface area contributed by atoms with Crippen LogP contribution in [0.1, 0.15) is 0 Å². The van der Waals surface area contributed by atoms with E-state index in [1.54, 1.807) is 0 Å². The van der Waals surface area contributed by atoms with Gasteiger partial charge < -0.3 is 16.0 Å². The fourth-order valence-corrected chi connectivity index (χ4v) is 0.701. The van der Waals surface area contributed by atoms with Crippen molar-refractivity contribution in [3.63, 3.8) is 0 Å². The molecule has 0 unspecified atom stereocenters. The van der Waals surface area contributed by atoms with Crippen LogP contribution in [-0.2, 0) is 0 Å². The molecule has 1 aromatic heterocycles. The summed E-state index contributed by atoms with van der Waals surface area (Å²) in [6, 6.07) is 3.03. The minimum Gasteiger partial charge on any atom is -0.410 e. The number of hydrogen-bond acceptors (Lipinski definition) is 5. The van der Waals surface area contributed by atoms with Gasteiger partial charge in [-0.2, -0.15) is 0 Å². The Morgan fingerprint density at radius 3 is 2.92 bits per heavy atom. The molecular formula is C6H10N4O2. The Kier molecular flexibility index (Phi) is 2.65. The Morgan fingerprint density at radius 2 is 2.33 bits per heavy atom. The van der Waals surface area contributed by atoms with Gasteiger partial charge >= 0.3 is 0 Å². The van der Waals surface area contributed by atoms with Crippen molar-refractivity contribution in [2.45, 2.75) is 0 Å². The van der Waals surface area contributed by atoms with Crippen LogP contribution in [0, 0.1) is 0 Å². The maximum Gasteiger partial charge on any atom is 0.185 e. The summed E-state index contributed by atoms with van der Waals surface area (Å²) in [5.74, 6) is 0.209. The van der Waals surface area contributed by atoms with E-state index >= 15 is 0 Å². The molecule has 0 radical (unpaired) electrons. The number of aliphatic hydroxyl groups is 1. The van der Waals surface area contributed by atoms with Crippen molar-refractivity contribution in [3.8, 4) is 0 Å². The molecule has 1 rings (SSSR count). The first-order valence-corrected chi connectivity index (χ1v) is 3.40. The topological polar surface area (TPSA) is 96.7 Å². The second kappa shape index (κ2) is 3.72. The fraction of sp³-hybridized carbons (Fsp3) is 0.333. The highest BCUT2D eigenvalue weighted by Gasteiger charge is 1.91. The van der Waals surface area contributed by atoms with Crippen LogP contribution in [0.15, 0.2) is 17.1 Å². The molecule has 1 heterocycles. The quantitative estimate of drug-likeness (QED) is 0.475. The number of nitrogen functional groups attached to an aromatic ring is 1. The summed E-state index contributed by atoms with van der Waals surface area (Å²) in [5, 5.41) is 21.0. The summed E-state index contributed by atoms with van der Waals surface area (Å²) in [5.41, 5.74) is 5.54. The van der Waals surface area contributed by atoms with Crippen molar-refractivity contribution in [2.24, 2.45) is 4.99 Å². The molecule has 0 aromatic carbocycles. The average Bonchev–Trinajstić information content (AvgIpc) is 2.03. The molecular weight excluding hydrogens is 160 g/mol. The molecule has 0 spiro atoms. The smallest absolute Gasteiger partial charge is 0.185 e. The first-order valence-electron chi connectivity index (χ1n) is 3.40. The van der Waals surface area contributed by atoms with E-state index in [0.717, 1.165) is 0 Å². The lowest BCUT2D eigenvalue weighted by molar-refractivity contribution is 0.132. The first kappa shape index (κ1) is 8.54. The largest absolute Gasteiger partial charge is 0.410 e. The van der Waals surface area contributed by atoms with Crippen LogP contribution in [0.5, 0.6) is 0 Å². The average molecular weight is 170 g/mol.